The van der Waals surface area contributed by atoms with Gasteiger partial charge in [0, 0.05) is 15.8 Å². The second-order valence-corrected chi connectivity index (χ2v) is 7.44. The van der Waals surface area contributed by atoms with Gasteiger partial charge in [-0.05, 0) is 55.6 Å². The van der Waals surface area contributed by atoms with Crippen molar-refractivity contribution >= 4 is 43.2 Å². The predicted octanol–water partition coefficient (Wildman–Crippen LogP) is 5.57. The highest BCUT2D eigenvalue weighted by molar-refractivity contribution is 9.13. The fourth-order valence-corrected chi connectivity index (χ4v) is 3.76. The molecule has 0 spiro atoms. The lowest BCUT2D eigenvalue weighted by Gasteiger charge is -2.10. The van der Waals surface area contributed by atoms with Crippen LogP contribution >= 0.6 is 43.2 Å². The van der Waals surface area contributed by atoms with Crippen LogP contribution in [0.2, 0.25) is 0 Å². The zero-order valence-corrected chi connectivity index (χ0v) is 13.9. The third kappa shape index (κ3) is 3.84. The highest BCUT2D eigenvalue weighted by Crippen LogP contribution is 2.36. The van der Waals surface area contributed by atoms with Gasteiger partial charge in [-0.15, -0.1) is 11.3 Å². The molecule has 1 aromatic carbocycles. The van der Waals surface area contributed by atoms with Gasteiger partial charge in [-0.2, -0.15) is 13.2 Å². The monoisotopic (exact) mass is 428 g/mol. The maximum atomic E-state index is 12.4. The van der Waals surface area contributed by atoms with Crippen LogP contribution in [0.15, 0.2) is 38.6 Å². The molecule has 1 unspecified atom stereocenters. The van der Waals surface area contributed by atoms with E-state index >= 15 is 0 Å². The zero-order valence-electron chi connectivity index (χ0n) is 9.92. The van der Waals surface area contributed by atoms with Crippen molar-refractivity contribution in [3.63, 3.8) is 0 Å². The van der Waals surface area contributed by atoms with Gasteiger partial charge in [-0.3, -0.25) is 0 Å². The molecule has 0 fully saturated rings. The first kappa shape index (κ1) is 16.0. The summed E-state index contributed by atoms with van der Waals surface area (Å²) < 4.78 is 39.0. The third-order valence-electron chi connectivity index (χ3n) is 2.70. The minimum absolute atomic E-state index is 0.275. The third-order valence-corrected chi connectivity index (χ3v) is 6.06. The molecule has 1 heterocycles. The summed E-state index contributed by atoms with van der Waals surface area (Å²) in [5.74, 6) is 0. The molecule has 7 heteroatoms. The fourth-order valence-electron chi connectivity index (χ4n) is 1.68. The van der Waals surface area contributed by atoms with Crippen molar-refractivity contribution in [3.8, 4) is 0 Å². The summed E-state index contributed by atoms with van der Waals surface area (Å²) >= 11 is 8.05. The van der Waals surface area contributed by atoms with Crippen molar-refractivity contribution in [1.82, 2.24) is 0 Å². The minimum atomic E-state index is -4.33. The number of aliphatic hydroxyl groups excluding tert-OH is 1. The molecule has 2 aromatic rings. The van der Waals surface area contributed by atoms with Gasteiger partial charge in [0.05, 0.1) is 15.5 Å². The summed E-state index contributed by atoms with van der Waals surface area (Å²) in [5, 5.41) is 10.1. The molecule has 20 heavy (non-hydrogen) atoms. The van der Waals surface area contributed by atoms with Crippen molar-refractivity contribution in [2.45, 2.75) is 18.7 Å². The lowest BCUT2D eigenvalue weighted by atomic mass is 10.0. The summed E-state index contributed by atoms with van der Waals surface area (Å²) in [6.45, 7) is 0. The van der Waals surface area contributed by atoms with Gasteiger partial charge in [-0.1, -0.05) is 12.1 Å². The molecule has 108 valence electrons. The van der Waals surface area contributed by atoms with Crippen molar-refractivity contribution in [1.29, 1.82) is 0 Å². The van der Waals surface area contributed by atoms with E-state index in [1.165, 1.54) is 23.5 Å². The molecule has 0 amide bonds. The molecule has 2 rings (SSSR count). The molecular weight excluding hydrogens is 421 g/mol. The van der Waals surface area contributed by atoms with Gasteiger partial charge in [0.2, 0.25) is 0 Å². The Labute approximate surface area is 134 Å². The van der Waals surface area contributed by atoms with Crippen molar-refractivity contribution in [2.75, 3.05) is 0 Å². The van der Waals surface area contributed by atoms with Crippen LogP contribution in [0.5, 0.6) is 0 Å². The Morgan fingerprint density at radius 3 is 2.20 bits per heavy atom. The molecule has 0 bridgehead atoms. The molecule has 1 aromatic heterocycles. The predicted molar refractivity (Wildman–Crippen MR) is 79.8 cm³/mol. The van der Waals surface area contributed by atoms with E-state index in [-0.39, 0.29) is 6.42 Å². The van der Waals surface area contributed by atoms with E-state index < -0.39 is 17.8 Å². The summed E-state index contributed by atoms with van der Waals surface area (Å²) in [6, 6.07) is 6.64. The molecule has 0 saturated carbocycles. The van der Waals surface area contributed by atoms with Gasteiger partial charge in [0.1, 0.15) is 0 Å². The first-order valence-electron chi connectivity index (χ1n) is 5.56. The van der Waals surface area contributed by atoms with Crippen LogP contribution in [-0.2, 0) is 12.6 Å². The van der Waals surface area contributed by atoms with E-state index in [0.717, 1.165) is 25.3 Å². The first-order chi connectivity index (χ1) is 9.27. The van der Waals surface area contributed by atoms with E-state index in [0.29, 0.717) is 5.56 Å². The van der Waals surface area contributed by atoms with E-state index in [4.69, 9.17) is 0 Å². The second kappa shape index (κ2) is 6.17. The molecule has 1 N–H and O–H groups in total. The quantitative estimate of drug-likeness (QED) is 0.676. The van der Waals surface area contributed by atoms with Crippen molar-refractivity contribution in [2.24, 2.45) is 0 Å². The SMILES string of the molecule is OC(Cc1ccc(C(F)(F)F)cc1)c1cc(Br)c(Br)s1. The first-order valence-corrected chi connectivity index (χ1v) is 7.96. The Balaban J connectivity index is 2.10. The highest BCUT2D eigenvalue weighted by atomic mass is 79.9. The van der Waals surface area contributed by atoms with Crippen LogP contribution in [0.3, 0.4) is 0 Å². The Kier molecular flexibility index (Phi) is 4.94. The Morgan fingerprint density at radius 2 is 1.75 bits per heavy atom. The van der Waals surface area contributed by atoms with Crippen molar-refractivity contribution in [3.05, 3.63) is 54.6 Å². The minimum Gasteiger partial charge on any atom is -0.387 e. The summed E-state index contributed by atoms with van der Waals surface area (Å²) in [4.78, 5) is 0.753. The molecule has 0 aliphatic rings. The average Bonchev–Trinajstić information content (AvgIpc) is 2.69. The number of benzene rings is 1. The smallest absolute Gasteiger partial charge is 0.387 e. The maximum Gasteiger partial charge on any atom is 0.416 e. The number of alkyl halides is 3. The summed E-state index contributed by atoms with van der Waals surface area (Å²) in [5.41, 5.74) is -0.0245. The zero-order chi connectivity index (χ0) is 14.9. The Hall–Kier alpha value is -0.370. The summed E-state index contributed by atoms with van der Waals surface area (Å²) in [7, 11) is 0. The molecule has 0 aliphatic carbocycles. The second-order valence-electron chi connectivity index (χ2n) is 4.19. The molecule has 1 nitrogen and oxygen atoms in total. The van der Waals surface area contributed by atoms with E-state index in [2.05, 4.69) is 31.9 Å². The van der Waals surface area contributed by atoms with Gasteiger partial charge in [0.25, 0.3) is 0 Å². The number of hydrogen-bond acceptors (Lipinski definition) is 2. The van der Waals surface area contributed by atoms with Gasteiger partial charge < -0.3 is 5.11 Å². The van der Waals surface area contributed by atoms with Gasteiger partial charge in [0.15, 0.2) is 0 Å². The largest absolute Gasteiger partial charge is 0.416 e. The van der Waals surface area contributed by atoms with Crippen molar-refractivity contribution < 1.29 is 18.3 Å². The van der Waals surface area contributed by atoms with Crippen LogP contribution < -0.4 is 0 Å². The average molecular weight is 430 g/mol. The number of halogens is 5. The van der Waals surface area contributed by atoms with Crippen LogP contribution in [-0.4, -0.2) is 5.11 Å². The molecule has 0 radical (unpaired) electrons. The number of rotatable bonds is 3. The van der Waals surface area contributed by atoms with E-state index in [1.807, 2.05) is 0 Å². The molecule has 1 atom stereocenters. The van der Waals surface area contributed by atoms with Crippen LogP contribution in [0.25, 0.3) is 0 Å². The molecule has 0 saturated heterocycles. The van der Waals surface area contributed by atoms with Crippen LogP contribution in [0.1, 0.15) is 22.1 Å². The lowest BCUT2D eigenvalue weighted by molar-refractivity contribution is -0.137. The maximum absolute atomic E-state index is 12.4. The Morgan fingerprint density at radius 1 is 1.15 bits per heavy atom. The number of aliphatic hydroxyl groups is 1. The standard InChI is InChI=1S/C13H9Br2F3OS/c14-9-6-11(20-12(9)15)10(19)5-7-1-3-8(4-2-7)13(16,17)18/h1-4,6,10,19H,5H2. The molecule has 0 aliphatic heterocycles. The molecular formula is C13H9Br2F3OS. The number of thiophene rings is 1. The van der Waals surface area contributed by atoms with Crippen LogP contribution in [0, 0.1) is 0 Å². The summed E-state index contributed by atoms with van der Waals surface area (Å²) in [6.07, 6.45) is -4.79. The van der Waals surface area contributed by atoms with E-state index in [9.17, 15) is 18.3 Å². The topological polar surface area (TPSA) is 20.2 Å². The fraction of sp³-hybridized carbons (Fsp3) is 0.231. The van der Waals surface area contributed by atoms with Gasteiger partial charge in [-0.25, -0.2) is 0 Å². The number of hydrogen-bond donors (Lipinski definition) is 1. The Bertz CT molecular complexity index is 573. The normalized spacial score (nSPS) is 13.5. The van der Waals surface area contributed by atoms with Gasteiger partial charge >= 0.3 is 6.18 Å². The van der Waals surface area contributed by atoms with E-state index in [1.54, 1.807) is 6.07 Å². The highest BCUT2D eigenvalue weighted by Gasteiger charge is 2.30. The lowest BCUT2D eigenvalue weighted by Crippen LogP contribution is -2.05. The van der Waals surface area contributed by atoms with Crippen LogP contribution in [0.4, 0.5) is 13.2 Å².